The zero-order valence-corrected chi connectivity index (χ0v) is 15.3. The van der Waals surface area contributed by atoms with E-state index in [1.165, 1.54) is 38.5 Å². The number of nitrogens with one attached hydrogen (secondary N) is 1. The fourth-order valence-corrected chi connectivity index (χ4v) is 2.56. The standard InChI is InChI=1S/C20H18FN3O4/c1-27-15-7-8-17(18(11-15)28-2)22-19(25)12-24-20(26)10-9-16(23-24)13-3-5-14(21)6-4-13/h3-11H,12H2,1-2H3,(H,22,25). The van der Waals surface area contributed by atoms with Gasteiger partial charge in [-0.2, -0.15) is 5.10 Å². The van der Waals surface area contributed by atoms with Crippen LogP contribution in [0.2, 0.25) is 0 Å². The molecule has 144 valence electrons. The van der Waals surface area contributed by atoms with Gasteiger partial charge in [-0.3, -0.25) is 9.59 Å². The molecular formula is C20H18FN3O4. The Labute approximate surface area is 160 Å². The van der Waals surface area contributed by atoms with E-state index < -0.39 is 11.5 Å². The largest absolute Gasteiger partial charge is 0.497 e. The number of halogens is 1. The van der Waals surface area contributed by atoms with E-state index in [1.54, 1.807) is 30.3 Å². The zero-order chi connectivity index (χ0) is 20.1. The molecule has 0 aliphatic carbocycles. The number of rotatable bonds is 6. The summed E-state index contributed by atoms with van der Waals surface area (Å²) in [5.74, 6) is 0.187. The topological polar surface area (TPSA) is 82.5 Å². The molecule has 3 aromatic rings. The van der Waals surface area contributed by atoms with E-state index in [2.05, 4.69) is 10.4 Å². The van der Waals surface area contributed by atoms with Gasteiger partial charge in [-0.1, -0.05) is 0 Å². The molecule has 0 radical (unpaired) electrons. The van der Waals surface area contributed by atoms with Crippen LogP contribution < -0.4 is 20.3 Å². The van der Waals surface area contributed by atoms with Crippen molar-refractivity contribution in [3.05, 3.63) is 70.8 Å². The lowest BCUT2D eigenvalue weighted by Gasteiger charge is -2.12. The van der Waals surface area contributed by atoms with Gasteiger partial charge in [-0.25, -0.2) is 9.07 Å². The maximum absolute atomic E-state index is 13.1. The molecule has 2 aromatic carbocycles. The number of amides is 1. The fourth-order valence-electron chi connectivity index (χ4n) is 2.56. The van der Waals surface area contributed by atoms with Crippen LogP contribution in [0.1, 0.15) is 0 Å². The maximum Gasteiger partial charge on any atom is 0.267 e. The molecule has 0 bridgehead atoms. The lowest BCUT2D eigenvalue weighted by Crippen LogP contribution is -2.29. The number of hydrogen-bond donors (Lipinski definition) is 1. The van der Waals surface area contributed by atoms with Crippen molar-refractivity contribution in [3.8, 4) is 22.8 Å². The van der Waals surface area contributed by atoms with Crippen molar-refractivity contribution < 1.29 is 18.7 Å². The summed E-state index contributed by atoms with van der Waals surface area (Å²) in [7, 11) is 3.00. The lowest BCUT2D eigenvalue weighted by atomic mass is 10.1. The average Bonchev–Trinajstić information content (AvgIpc) is 2.70. The Hall–Kier alpha value is -3.68. The molecule has 0 aliphatic heterocycles. The van der Waals surface area contributed by atoms with Crippen molar-refractivity contribution in [1.29, 1.82) is 0 Å². The Morgan fingerprint density at radius 2 is 1.82 bits per heavy atom. The molecule has 1 heterocycles. The molecule has 0 fully saturated rings. The Morgan fingerprint density at radius 3 is 2.50 bits per heavy atom. The minimum atomic E-state index is -0.450. The van der Waals surface area contributed by atoms with Crippen molar-refractivity contribution in [2.45, 2.75) is 6.54 Å². The van der Waals surface area contributed by atoms with Gasteiger partial charge in [0.05, 0.1) is 25.6 Å². The van der Waals surface area contributed by atoms with Gasteiger partial charge >= 0.3 is 0 Å². The summed E-state index contributed by atoms with van der Waals surface area (Å²) in [4.78, 5) is 24.5. The summed E-state index contributed by atoms with van der Waals surface area (Å²) in [5, 5.41) is 6.88. The molecule has 3 rings (SSSR count). The molecule has 0 aliphatic rings. The van der Waals surface area contributed by atoms with Crippen molar-refractivity contribution >= 4 is 11.6 Å². The summed E-state index contributed by atoms with van der Waals surface area (Å²) in [6, 6.07) is 13.5. The molecule has 28 heavy (non-hydrogen) atoms. The summed E-state index contributed by atoms with van der Waals surface area (Å²) >= 11 is 0. The highest BCUT2D eigenvalue weighted by molar-refractivity contribution is 5.92. The molecule has 8 heteroatoms. The first-order valence-electron chi connectivity index (χ1n) is 8.36. The second-order valence-corrected chi connectivity index (χ2v) is 5.84. The van der Waals surface area contributed by atoms with Crippen LogP contribution in [-0.4, -0.2) is 29.9 Å². The number of hydrogen-bond acceptors (Lipinski definition) is 5. The molecule has 0 saturated carbocycles. The predicted molar refractivity (Wildman–Crippen MR) is 102 cm³/mol. The van der Waals surface area contributed by atoms with Gasteiger partial charge in [0.15, 0.2) is 0 Å². The zero-order valence-electron chi connectivity index (χ0n) is 15.3. The van der Waals surface area contributed by atoms with Gasteiger partial charge in [-0.05, 0) is 42.5 Å². The van der Waals surface area contributed by atoms with Gasteiger partial charge in [-0.15, -0.1) is 0 Å². The van der Waals surface area contributed by atoms with Crippen LogP contribution >= 0.6 is 0 Å². The van der Waals surface area contributed by atoms with Crippen LogP contribution in [0.15, 0.2) is 59.4 Å². The van der Waals surface area contributed by atoms with Crippen LogP contribution in [0.25, 0.3) is 11.3 Å². The van der Waals surface area contributed by atoms with Crippen molar-refractivity contribution in [2.75, 3.05) is 19.5 Å². The fraction of sp³-hybridized carbons (Fsp3) is 0.150. The number of aromatic nitrogens is 2. The molecule has 1 amide bonds. The number of benzene rings is 2. The molecule has 0 saturated heterocycles. The second kappa shape index (κ2) is 8.34. The predicted octanol–water partition coefficient (Wildman–Crippen LogP) is 2.71. The van der Waals surface area contributed by atoms with Crippen LogP contribution in [-0.2, 0) is 11.3 Å². The van der Waals surface area contributed by atoms with E-state index in [0.29, 0.717) is 28.4 Å². The number of ether oxygens (including phenoxy) is 2. The summed E-state index contributed by atoms with van der Waals surface area (Å²) < 4.78 is 24.5. The third-order valence-electron chi connectivity index (χ3n) is 3.98. The van der Waals surface area contributed by atoms with E-state index in [9.17, 15) is 14.0 Å². The third kappa shape index (κ3) is 4.35. The number of carbonyl (C=O) groups is 1. The normalized spacial score (nSPS) is 10.4. The first-order chi connectivity index (χ1) is 13.5. The van der Waals surface area contributed by atoms with Crippen LogP contribution in [0, 0.1) is 5.82 Å². The van der Waals surface area contributed by atoms with Crippen molar-refractivity contribution in [3.63, 3.8) is 0 Å². The Kier molecular flexibility index (Phi) is 5.69. The van der Waals surface area contributed by atoms with Crippen LogP contribution in [0.5, 0.6) is 11.5 Å². The van der Waals surface area contributed by atoms with Gasteiger partial charge in [0.25, 0.3) is 5.56 Å². The second-order valence-electron chi connectivity index (χ2n) is 5.84. The molecule has 1 aromatic heterocycles. The third-order valence-corrected chi connectivity index (χ3v) is 3.98. The molecule has 0 atom stereocenters. The van der Waals surface area contributed by atoms with E-state index in [0.717, 1.165) is 4.68 Å². The SMILES string of the molecule is COc1ccc(NC(=O)Cn2nc(-c3ccc(F)cc3)ccc2=O)c(OC)c1. The number of nitrogens with zero attached hydrogens (tertiary/aromatic N) is 2. The lowest BCUT2D eigenvalue weighted by molar-refractivity contribution is -0.117. The molecule has 0 spiro atoms. The van der Waals surface area contributed by atoms with E-state index in [4.69, 9.17) is 9.47 Å². The Morgan fingerprint density at radius 1 is 1.07 bits per heavy atom. The minimum Gasteiger partial charge on any atom is -0.497 e. The van der Waals surface area contributed by atoms with Gasteiger partial charge in [0.1, 0.15) is 23.9 Å². The van der Waals surface area contributed by atoms with E-state index in [-0.39, 0.29) is 12.4 Å². The van der Waals surface area contributed by atoms with Gasteiger partial charge < -0.3 is 14.8 Å². The molecule has 1 N–H and O–H groups in total. The van der Waals surface area contributed by atoms with Crippen LogP contribution in [0.3, 0.4) is 0 Å². The highest BCUT2D eigenvalue weighted by atomic mass is 19.1. The molecular weight excluding hydrogens is 365 g/mol. The van der Waals surface area contributed by atoms with Gasteiger partial charge in [0.2, 0.25) is 5.91 Å². The van der Waals surface area contributed by atoms with Crippen molar-refractivity contribution in [1.82, 2.24) is 9.78 Å². The summed E-state index contributed by atoms with van der Waals surface area (Å²) in [6.07, 6.45) is 0. The quantitative estimate of drug-likeness (QED) is 0.708. The highest BCUT2D eigenvalue weighted by Gasteiger charge is 2.12. The highest BCUT2D eigenvalue weighted by Crippen LogP contribution is 2.28. The smallest absolute Gasteiger partial charge is 0.267 e. The van der Waals surface area contributed by atoms with Crippen LogP contribution in [0.4, 0.5) is 10.1 Å². The Balaban J connectivity index is 1.80. The summed E-state index contributed by atoms with van der Waals surface area (Å²) in [6.45, 7) is -0.289. The first-order valence-corrected chi connectivity index (χ1v) is 8.36. The summed E-state index contributed by atoms with van der Waals surface area (Å²) in [5.41, 5.74) is 1.10. The first kappa shape index (κ1) is 19.1. The Bertz CT molecular complexity index is 1050. The van der Waals surface area contributed by atoms with Gasteiger partial charge in [0, 0.05) is 17.7 Å². The number of carbonyl (C=O) groups excluding carboxylic acids is 1. The average molecular weight is 383 g/mol. The minimum absolute atomic E-state index is 0.289. The van der Waals surface area contributed by atoms with E-state index in [1.807, 2.05) is 0 Å². The monoisotopic (exact) mass is 383 g/mol. The van der Waals surface area contributed by atoms with Crippen molar-refractivity contribution in [2.24, 2.45) is 0 Å². The van der Waals surface area contributed by atoms with E-state index >= 15 is 0 Å². The molecule has 7 nitrogen and oxygen atoms in total. The molecule has 0 unspecified atom stereocenters. The number of anilines is 1. The number of methoxy groups -OCH3 is 2. The maximum atomic E-state index is 13.1.